The topological polar surface area (TPSA) is 94.1 Å². The van der Waals surface area contributed by atoms with Crippen LogP contribution < -0.4 is 20.4 Å². The van der Waals surface area contributed by atoms with Crippen LogP contribution in [0.5, 0.6) is 0 Å². The molecular weight excluding hydrogens is 817 g/mol. The van der Waals surface area contributed by atoms with E-state index in [0.29, 0.717) is 35.2 Å². The molecule has 8 nitrogen and oxygen atoms in total. The van der Waals surface area contributed by atoms with Crippen LogP contribution in [0.1, 0.15) is 142 Å². The first-order chi connectivity index (χ1) is 32.0. The Balaban J connectivity index is 0.829. The van der Waals surface area contributed by atoms with Crippen molar-refractivity contribution in [2.75, 3.05) is 34.5 Å². The number of hydrogen-bond donors (Lipinski definition) is 3. The van der Waals surface area contributed by atoms with Gasteiger partial charge in [0.1, 0.15) is 6.10 Å². The largest absolute Gasteiger partial charge is 0.478 e. The van der Waals surface area contributed by atoms with E-state index < -0.39 is 11.9 Å². The molecule has 6 aromatic rings. The van der Waals surface area contributed by atoms with Gasteiger partial charge in [-0.15, -0.1) is 0 Å². The molecule has 2 atom stereocenters. The number of carbonyl (C=O) groups is 2. The molecule has 0 spiro atoms. The van der Waals surface area contributed by atoms with Crippen LogP contribution in [0.4, 0.5) is 45.5 Å². The lowest BCUT2D eigenvalue weighted by Gasteiger charge is -2.24. The zero-order valence-electron chi connectivity index (χ0n) is 39.2. The molecule has 9 rings (SSSR count). The van der Waals surface area contributed by atoms with Crippen LogP contribution in [-0.2, 0) is 4.74 Å². The average molecular weight is 881 g/mol. The molecule has 3 fully saturated rings. The van der Waals surface area contributed by atoms with Crippen molar-refractivity contribution < 1.29 is 19.4 Å². The number of anilines is 8. The second kappa shape index (κ2) is 19.5. The van der Waals surface area contributed by atoms with E-state index in [0.717, 1.165) is 56.4 Å². The molecule has 66 heavy (non-hydrogen) atoms. The van der Waals surface area contributed by atoms with Gasteiger partial charge >= 0.3 is 11.9 Å². The molecule has 8 heteroatoms. The fourth-order valence-corrected chi connectivity index (χ4v) is 10.3. The van der Waals surface area contributed by atoms with Crippen molar-refractivity contribution in [1.29, 1.82) is 0 Å². The third-order valence-electron chi connectivity index (χ3n) is 14.5. The fourth-order valence-electron chi connectivity index (χ4n) is 10.3. The third kappa shape index (κ3) is 9.98. The highest BCUT2D eigenvalue weighted by molar-refractivity contribution is 5.98. The van der Waals surface area contributed by atoms with Crippen LogP contribution in [0.15, 0.2) is 121 Å². The molecule has 0 aliphatic heterocycles. The van der Waals surface area contributed by atoms with Crippen LogP contribution in [-0.4, -0.2) is 37.2 Å². The Morgan fingerprint density at radius 2 is 0.955 bits per heavy atom. The van der Waals surface area contributed by atoms with Crippen LogP contribution >= 0.6 is 0 Å². The smallest absolute Gasteiger partial charge is 0.340 e. The van der Waals surface area contributed by atoms with Crippen LogP contribution in [0.3, 0.4) is 0 Å². The van der Waals surface area contributed by atoms with E-state index in [4.69, 9.17) is 4.74 Å². The van der Waals surface area contributed by atoms with E-state index in [9.17, 15) is 14.7 Å². The van der Waals surface area contributed by atoms with Gasteiger partial charge in [0.05, 0.1) is 22.5 Å². The van der Waals surface area contributed by atoms with Crippen molar-refractivity contribution in [2.24, 2.45) is 0 Å². The maximum atomic E-state index is 13.9. The number of carbonyl (C=O) groups excluding carboxylic acids is 1. The minimum absolute atomic E-state index is 0.0918. The predicted octanol–water partition coefficient (Wildman–Crippen LogP) is 15.1. The van der Waals surface area contributed by atoms with Crippen LogP contribution in [0.2, 0.25) is 0 Å². The Morgan fingerprint density at radius 3 is 1.44 bits per heavy atom. The molecule has 0 saturated heterocycles. The zero-order valence-corrected chi connectivity index (χ0v) is 39.2. The number of aryl methyl sites for hydroxylation is 3. The predicted molar refractivity (Wildman–Crippen MR) is 271 cm³/mol. The van der Waals surface area contributed by atoms with Gasteiger partial charge in [-0.1, -0.05) is 80.5 Å². The molecule has 6 aromatic carbocycles. The van der Waals surface area contributed by atoms with Gasteiger partial charge in [-0.2, -0.15) is 0 Å². The molecule has 0 heterocycles. The number of ether oxygens (including phenoxy) is 1. The second-order valence-electron chi connectivity index (χ2n) is 19.2. The summed E-state index contributed by atoms with van der Waals surface area (Å²) in [4.78, 5) is 30.9. The fraction of sp³-hybridized carbons (Fsp3) is 0.345. The zero-order chi connectivity index (χ0) is 45.9. The molecule has 0 amide bonds. The lowest BCUT2D eigenvalue weighted by Crippen LogP contribution is -2.12. The summed E-state index contributed by atoms with van der Waals surface area (Å²) in [5.74, 6) is -0.162. The number of carboxylic acid groups (broad SMARTS) is 1. The van der Waals surface area contributed by atoms with E-state index in [-0.39, 0.29) is 17.6 Å². The highest BCUT2D eigenvalue weighted by Gasteiger charge is 2.43. The van der Waals surface area contributed by atoms with Crippen molar-refractivity contribution in [3.63, 3.8) is 0 Å². The number of esters is 1. The Hall–Kier alpha value is -6.54. The minimum atomic E-state index is -1.02. The van der Waals surface area contributed by atoms with Gasteiger partial charge in [-0.05, 0) is 177 Å². The molecule has 2 unspecified atom stereocenters. The summed E-state index contributed by atoms with van der Waals surface area (Å²) < 4.78 is 6.11. The summed E-state index contributed by atoms with van der Waals surface area (Å²) in [6, 6.07) is 41.8. The summed E-state index contributed by atoms with van der Waals surface area (Å²) in [6.07, 6.45) is 13.4. The quantitative estimate of drug-likeness (QED) is 0.0932. The number of benzene rings is 6. The molecule has 340 valence electrons. The molecule has 3 aliphatic rings. The average Bonchev–Trinajstić information content (AvgIpc) is 4.12. The summed E-state index contributed by atoms with van der Waals surface area (Å²) in [5.41, 5.74) is 14.7. The summed E-state index contributed by atoms with van der Waals surface area (Å²) in [5, 5.41) is 17.3. The van der Waals surface area contributed by atoms with E-state index >= 15 is 0 Å². The third-order valence-corrected chi connectivity index (χ3v) is 14.5. The maximum absolute atomic E-state index is 13.9. The Kier molecular flexibility index (Phi) is 13.2. The van der Waals surface area contributed by atoms with Gasteiger partial charge in [0.2, 0.25) is 0 Å². The molecule has 0 radical (unpaired) electrons. The number of rotatable bonds is 14. The van der Waals surface area contributed by atoms with E-state index in [1.54, 1.807) is 6.07 Å². The first kappa shape index (κ1) is 44.7. The minimum Gasteiger partial charge on any atom is -0.478 e. The maximum Gasteiger partial charge on any atom is 0.340 e. The van der Waals surface area contributed by atoms with Crippen molar-refractivity contribution in [3.8, 4) is 0 Å². The summed E-state index contributed by atoms with van der Waals surface area (Å²) >= 11 is 0. The standard InChI is InChI=1S/C58H64N4O4/c1-37-16-28-55(60-53-31-27-48(34-39(53)3)62(5)46-24-19-43(20-25-46)41-14-10-7-11-15-41)51(32-37)58(65)66-56-36-49(56)44-21-29-54(50(35-44)57(63)64)59-52-30-26-47(33-38(52)2)61(4)45-22-17-42(18-23-45)40-12-8-6-9-13-40/h16-35,40-41,49,56,59-60H,6-15,36H2,1-5H3,(H,63,64). The van der Waals surface area contributed by atoms with Crippen molar-refractivity contribution in [3.05, 3.63) is 166 Å². The van der Waals surface area contributed by atoms with E-state index in [2.05, 4.69) is 120 Å². The summed E-state index contributed by atoms with van der Waals surface area (Å²) in [7, 11) is 4.18. The van der Waals surface area contributed by atoms with E-state index in [1.165, 1.54) is 75.3 Å². The van der Waals surface area contributed by atoms with Gasteiger partial charge in [-0.3, -0.25) is 0 Å². The normalized spacial score (nSPS) is 17.5. The Labute approximate surface area is 391 Å². The van der Waals surface area contributed by atoms with Crippen LogP contribution in [0, 0.1) is 20.8 Å². The monoisotopic (exact) mass is 880 g/mol. The Morgan fingerprint density at radius 1 is 0.515 bits per heavy atom. The van der Waals surface area contributed by atoms with Gasteiger partial charge in [0.15, 0.2) is 0 Å². The molecule has 3 aliphatic carbocycles. The van der Waals surface area contributed by atoms with Crippen molar-refractivity contribution in [2.45, 2.75) is 115 Å². The molecule has 3 N–H and O–H groups in total. The molecular formula is C58H64N4O4. The highest BCUT2D eigenvalue weighted by atomic mass is 16.5. The molecule has 0 aromatic heterocycles. The number of nitrogens with zero attached hydrogens (tertiary/aromatic N) is 2. The van der Waals surface area contributed by atoms with Gasteiger partial charge in [-0.25, -0.2) is 9.59 Å². The number of nitrogens with one attached hydrogen (secondary N) is 2. The van der Waals surface area contributed by atoms with Gasteiger partial charge in [0, 0.05) is 54.1 Å². The van der Waals surface area contributed by atoms with Gasteiger partial charge in [0.25, 0.3) is 0 Å². The summed E-state index contributed by atoms with van der Waals surface area (Å²) in [6.45, 7) is 6.08. The molecule has 0 bridgehead atoms. The van der Waals surface area contributed by atoms with Crippen molar-refractivity contribution in [1.82, 2.24) is 0 Å². The number of carboxylic acids is 1. The van der Waals surface area contributed by atoms with Gasteiger partial charge < -0.3 is 30.3 Å². The Bertz CT molecular complexity index is 2700. The van der Waals surface area contributed by atoms with E-state index in [1.807, 2.05) is 50.2 Å². The highest BCUT2D eigenvalue weighted by Crippen LogP contribution is 2.46. The second-order valence-corrected chi connectivity index (χ2v) is 19.2. The number of hydrogen-bond acceptors (Lipinski definition) is 7. The first-order valence-electron chi connectivity index (χ1n) is 24.1. The lowest BCUT2D eigenvalue weighted by atomic mass is 9.84. The molecule has 3 saturated carbocycles. The lowest BCUT2D eigenvalue weighted by molar-refractivity contribution is 0.0464. The van der Waals surface area contributed by atoms with Crippen LogP contribution in [0.25, 0.3) is 0 Å². The SMILES string of the molecule is Cc1ccc(Nc2ccc(N(C)c3ccc(C4CCCCC4)cc3)cc2C)c(C(=O)OC2CC2c2ccc(Nc3ccc(N(C)c4ccc(C5CCCCC5)cc4)cc3C)c(C(=O)O)c2)c1. The number of aromatic carboxylic acids is 1. The first-order valence-corrected chi connectivity index (χ1v) is 24.1. The van der Waals surface area contributed by atoms with Crippen molar-refractivity contribution >= 4 is 57.4 Å².